The lowest BCUT2D eigenvalue weighted by Gasteiger charge is -2.09. The van der Waals surface area contributed by atoms with Crippen molar-refractivity contribution in [1.82, 2.24) is 0 Å². The average Bonchev–Trinajstić information content (AvgIpc) is 2.46. The van der Waals surface area contributed by atoms with Gasteiger partial charge in [0, 0.05) is 10.6 Å². The molecule has 0 radical (unpaired) electrons. The Labute approximate surface area is 122 Å². The van der Waals surface area contributed by atoms with Crippen LogP contribution in [0.4, 0.5) is 0 Å². The molecule has 2 aromatic carbocycles. The highest BCUT2D eigenvalue weighted by atomic mass is 35.5. The second-order valence-electron chi connectivity index (χ2n) is 4.12. The predicted octanol–water partition coefficient (Wildman–Crippen LogP) is 3.97. The Morgan fingerprint density at radius 2 is 1.80 bits per heavy atom. The molecule has 0 heterocycles. The van der Waals surface area contributed by atoms with Crippen molar-refractivity contribution in [3.8, 4) is 5.75 Å². The summed E-state index contributed by atoms with van der Waals surface area (Å²) in [6.45, 7) is 0. The molecule has 0 aliphatic heterocycles. The molecule has 102 valence electrons. The topological polar surface area (TPSA) is 46.5 Å². The van der Waals surface area contributed by atoms with Gasteiger partial charge in [0.25, 0.3) is 0 Å². The van der Waals surface area contributed by atoms with Crippen molar-refractivity contribution in [2.24, 2.45) is 0 Å². The van der Waals surface area contributed by atoms with Gasteiger partial charge >= 0.3 is 5.97 Å². The van der Waals surface area contributed by atoms with Crippen LogP contribution in [0.2, 0.25) is 5.02 Å². The van der Waals surface area contributed by atoms with Crippen molar-refractivity contribution < 1.29 is 14.6 Å². The number of methoxy groups -OCH3 is 1. The third-order valence-corrected chi connectivity index (χ3v) is 3.06. The normalized spacial score (nSPS) is 11.2. The first-order chi connectivity index (χ1) is 9.61. The minimum absolute atomic E-state index is 0.171. The molecule has 3 nitrogen and oxygen atoms in total. The van der Waals surface area contributed by atoms with Crippen LogP contribution < -0.4 is 4.74 Å². The van der Waals surface area contributed by atoms with E-state index in [2.05, 4.69) is 0 Å². The molecular weight excluding hydrogens is 276 g/mol. The molecule has 0 spiro atoms. The number of halogens is 1. The van der Waals surface area contributed by atoms with E-state index in [1.54, 1.807) is 54.6 Å². The van der Waals surface area contributed by atoms with E-state index in [0.29, 0.717) is 16.3 Å². The molecule has 0 fully saturated rings. The maximum Gasteiger partial charge on any atom is 0.336 e. The lowest BCUT2D eigenvalue weighted by Crippen LogP contribution is -2.01. The summed E-state index contributed by atoms with van der Waals surface area (Å²) in [5.41, 5.74) is 1.47. The molecule has 0 saturated heterocycles. The van der Waals surface area contributed by atoms with Crippen molar-refractivity contribution >= 4 is 29.2 Å². The average molecular weight is 289 g/mol. The zero-order valence-electron chi connectivity index (χ0n) is 10.8. The number of benzene rings is 2. The largest absolute Gasteiger partial charge is 0.496 e. The van der Waals surface area contributed by atoms with E-state index in [4.69, 9.17) is 16.3 Å². The lowest BCUT2D eigenvalue weighted by molar-refractivity contribution is -0.130. The molecule has 1 N–H and O–H groups in total. The van der Waals surface area contributed by atoms with E-state index in [0.717, 1.165) is 5.56 Å². The van der Waals surface area contributed by atoms with E-state index in [1.165, 1.54) is 7.11 Å². The van der Waals surface area contributed by atoms with Gasteiger partial charge in [-0.1, -0.05) is 41.9 Å². The molecule has 0 aromatic heterocycles. The molecule has 0 bridgehead atoms. The Balaban J connectivity index is 2.51. The number of ether oxygens (including phenoxy) is 1. The Kier molecular flexibility index (Phi) is 4.43. The number of rotatable bonds is 4. The first-order valence-electron chi connectivity index (χ1n) is 5.96. The summed E-state index contributed by atoms with van der Waals surface area (Å²) in [4.78, 5) is 11.5. The third-order valence-electron chi connectivity index (χ3n) is 2.81. The Bertz CT molecular complexity index is 645. The van der Waals surface area contributed by atoms with Crippen molar-refractivity contribution in [1.29, 1.82) is 0 Å². The maximum absolute atomic E-state index is 11.5. The lowest BCUT2D eigenvalue weighted by atomic mass is 10.0. The minimum atomic E-state index is -1.01. The highest BCUT2D eigenvalue weighted by Crippen LogP contribution is 2.27. The SMILES string of the molecule is COc1ccccc1C(=Cc1ccc(Cl)cc1)C(=O)O. The quantitative estimate of drug-likeness (QED) is 0.684. The van der Waals surface area contributed by atoms with E-state index >= 15 is 0 Å². The minimum Gasteiger partial charge on any atom is -0.496 e. The molecule has 0 atom stereocenters. The van der Waals surface area contributed by atoms with Crippen molar-refractivity contribution in [2.75, 3.05) is 7.11 Å². The molecule has 0 aliphatic rings. The molecule has 2 aromatic rings. The molecule has 0 unspecified atom stereocenters. The third kappa shape index (κ3) is 3.19. The summed E-state index contributed by atoms with van der Waals surface area (Å²) in [6, 6.07) is 14.0. The summed E-state index contributed by atoms with van der Waals surface area (Å²) in [7, 11) is 1.51. The zero-order chi connectivity index (χ0) is 14.5. The monoisotopic (exact) mass is 288 g/mol. The van der Waals surface area contributed by atoms with Gasteiger partial charge in [0.15, 0.2) is 0 Å². The van der Waals surface area contributed by atoms with Gasteiger partial charge in [-0.2, -0.15) is 0 Å². The maximum atomic E-state index is 11.5. The highest BCUT2D eigenvalue weighted by Gasteiger charge is 2.14. The zero-order valence-corrected chi connectivity index (χ0v) is 11.6. The van der Waals surface area contributed by atoms with E-state index in [-0.39, 0.29) is 5.57 Å². The summed E-state index contributed by atoms with van der Waals surface area (Å²) in [6.07, 6.45) is 1.59. The first-order valence-corrected chi connectivity index (χ1v) is 6.33. The second-order valence-corrected chi connectivity index (χ2v) is 4.55. The van der Waals surface area contributed by atoms with E-state index in [1.807, 2.05) is 0 Å². The molecular formula is C16H13ClO3. The van der Waals surface area contributed by atoms with Crippen molar-refractivity contribution in [3.05, 3.63) is 64.7 Å². The summed E-state index contributed by atoms with van der Waals surface area (Å²) < 4.78 is 5.21. The van der Waals surface area contributed by atoms with Gasteiger partial charge < -0.3 is 9.84 Å². The number of para-hydroxylation sites is 1. The Morgan fingerprint density at radius 3 is 2.40 bits per heavy atom. The van der Waals surface area contributed by atoms with Gasteiger partial charge in [-0.05, 0) is 29.8 Å². The van der Waals surface area contributed by atoms with E-state index in [9.17, 15) is 9.90 Å². The van der Waals surface area contributed by atoms with Crippen LogP contribution in [0.5, 0.6) is 5.75 Å². The first kappa shape index (κ1) is 14.2. The predicted molar refractivity (Wildman–Crippen MR) is 80.0 cm³/mol. The van der Waals surface area contributed by atoms with Gasteiger partial charge in [-0.3, -0.25) is 0 Å². The second kappa shape index (κ2) is 6.26. The van der Waals surface area contributed by atoms with Gasteiger partial charge in [0.2, 0.25) is 0 Å². The highest BCUT2D eigenvalue weighted by molar-refractivity contribution is 6.30. The van der Waals surface area contributed by atoms with Crippen LogP contribution in [0.15, 0.2) is 48.5 Å². The van der Waals surface area contributed by atoms with E-state index < -0.39 is 5.97 Å². The van der Waals surface area contributed by atoms with Crippen molar-refractivity contribution in [3.63, 3.8) is 0 Å². The standard InChI is InChI=1S/C16H13ClO3/c1-20-15-5-3-2-4-13(15)14(16(18)19)10-11-6-8-12(17)9-7-11/h2-10H,1H3,(H,18,19). The van der Waals surface area contributed by atoms with Crippen LogP contribution in [-0.2, 0) is 4.79 Å². The molecule has 0 saturated carbocycles. The fourth-order valence-electron chi connectivity index (χ4n) is 1.85. The van der Waals surface area contributed by atoms with Crippen LogP contribution in [0.3, 0.4) is 0 Å². The number of carboxylic acid groups (broad SMARTS) is 1. The fourth-order valence-corrected chi connectivity index (χ4v) is 1.97. The number of carboxylic acids is 1. The summed E-state index contributed by atoms with van der Waals surface area (Å²) >= 11 is 5.82. The number of hydrogen-bond acceptors (Lipinski definition) is 2. The Hall–Kier alpha value is -2.26. The van der Waals surface area contributed by atoms with Crippen LogP contribution in [0.25, 0.3) is 11.6 Å². The molecule has 0 aliphatic carbocycles. The summed E-state index contributed by atoms with van der Waals surface area (Å²) in [5, 5.41) is 10.0. The van der Waals surface area contributed by atoms with Crippen LogP contribution >= 0.6 is 11.6 Å². The van der Waals surface area contributed by atoms with Gasteiger partial charge in [0.1, 0.15) is 5.75 Å². The molecule has 0 amide bonds. The fraction of sp³-hybridized carbons (Fsp3) is 0.0625. The smallest absolute Gasteiger partial charge is 0.336 e. The molecule has 20 heavy (non-hydrogen) atoms. The van der Waals surface area contributed by atoms with Gasteiger partial charge in [-0.25, -0.2) is 4.79 Å². The van der Waals surface area contributed by atoms with Crippen LogP contribution in [-0.4, -0.2) is 18.2 Å². The number of aliphatic carboxylic acids is 1. The molecule has 2 rings (SSSR count). The molecule has 4 heteroatoms. The van der Waals surface area contributed by atoms with Crippen LogP contribution in [0, 0.1) is 0 Å². The number of hydrogen-bond donors (Lipinski definition) is 1. The van der Waals surface area contributed by atoms with Gasteiger partial charge in [-0.15, -0.1) is 0 Å². The summed E-state index contributed by atoms with van der Waals surface area (Å²) in [5.74, 6) is -0.487. The number of carbonyl (C=O) groups is 1. The van der Waals surface area contributed by atoms with Gasteiger partial charge in [0.05, 0.1) is 12.7 Å². The Morgan fingerprint density at radius 1 is 1.15 bits per heavy atom. The van der Waals surface area contributed by atoms with Crippen LogP contribution in [0.1, 0.15) is 11.1 Å². The van der Waals surface area contributed by atoms with Crippen molar-refractivity contribution in [2.45, 2.75) is 0 Å².